The van der Waals surface area contributed by atoms with Gasteiger partial charge in [0.05, 0.1) is 12.6 Å². The van der Waals surface area contributed by atoms with E-state index < -0.39 is 0 Å². The first-order valence-corrected chi connectivity index (χ1v) is 9.71. The number of rotatable bonds is 5. The van der Waals surface area contributed by atoms with Gasteiger partial charge in [-0.1, -0.05) is 36.7 Å². The molecule has 2 atom stereocenters. The Labute approximate surface area is 152 Å². The largest absolute Gasteiger partial charge is 0.334 e. The summed E-state index contributed by atoms with van der Waals surface area (Å²) in [7, 11) is 0. The molecule has 0 spiro atoms. The molecule has 3 nitrogen and oxygen atoms in total. The van der Waals surface area contributed by atoms with Gasteiger partial charge in [0.25, 0.3) is 0 Å². The molecule has 0 fully saturated rings. The molecule has 5 heteroatoms. The van der Waals surface area contributed by atoms with Crippen LogP contribution in [0.15, 0.2) is 35.7 Å². The molecule has 2 aromatic rings. The molecule has 1 aromatic carbocycles. The quantitative estimate of drug-likeness (QED) is 0.843. The van der Waals surface area contributed by atoms with Gasteiger partial charge in [0.15, 0.2) is 0 Å². The highest BCUT2D eigenvalue weighted by atomic mass is 35.5. The molecule has 0 radical (unpaired) electrons. The number of halogens is 1. The van der Waals surface area contributed by atoms with E-state index in [9.17, 15) is 4.79 Å². The molecule has 0 saturated heterocycles. The van der Waals surface area contributed by atoms with Crippen LogP contribution in [0.4, 0.5) is 0 Å². The number of nitrogens with zero attached hydrogens (tertiary/aromatic N) is 1. The number of carbonyl (C=O) groups excluding carboxylic acids is 1. The number of thiophene rings is 1. The zero-order valence-electron chi connectivity index (χ0n) is 14.1. The number of benzene rings is 1. The van der Waals surface area contributed by atoms with Crippen molar-refractivity contribution in [3.8, 4) is 0 Å². The van der Waals surface area contributed by atoms with Gasteiger partial charge in [-0.25, -0.2) is 0 Å². The van der Waals surface area contributed by atoms with Gasteiger partial charge in [-0.15, -0.1) is 11.3 Å². The number of nitrogens with one attached hydrogen (secondary N) is 1. The minimum atomic E-state index is 0.0456. The predicted octanol–water partition coefficient (Wildman–Crippen LogP) is 4.59. The van der Waals surface area contributed by atoms with Crippen molar-refractivity contribution in [1.29, 1.82) is 0 Å². The van der Waals surface area contributed by atoms with Crippen LogP contribution in [0.5, 0.6) is 0 Å². The van der Waals surface area contributed by atoms with Crippen LogP contribution in [0, 0.1) is 0 Å². The third-order valence-electron chi connectivity index (χ3n) is 4.73. The number of amides is 1. The molecule has 128 valence electrons. The number of hydrogen-bond acceptors (Lipinski definition) is 3. The smallest absolute Gasteiger partial charge is 0.237 e. The molecule has 1 aliphatic rings. The van der Waals surface area contributed by atoms with Crippen LogP contribution in [-0.2, 0) is 11.2 Å². The number of hydrogen-bond donors (Lipinski definition) is 1. The zero-order valence-corrected chi connectivity index (χ0v) is 15.7. The predicted molar refractivity (Wildman–Crippen MR) is 101 cm³/mol. The van der Waals surface area contributed by atoms with Crippen molar-refractivity contribution in [1.82, 2.24) is 10.2 Å². The average molecular weight is 363 g/mol. The molecular weight excluding hydrogens is 340 g/mol. The summed E-state index contributed by atoms with van der Waals surface area (Å²) in [5.74, 6) is 0.164. The van der Waals surface area contributed by atoms with Crippen molar-refractivity contribution >= 4 is 28.8 Å². The van der Waals surface area contributed by atoms with E-state index in [1.807, 2.05) is 47.4 Å². The normalized spacial score (nSPS) is 18.3. The van der Waals surface area contributed by atoms with E-state index in [1.54, 1.807) is 0 Å². The van der Waals surface area contributed by atoms with Crippen molar-refractivity contribution < 1.29 is 4.79 Å². The standard InChI is InChI=1S/C19H23ClN2OS/c1-3-17-15-9-11-24-18(15)8-10-22(17)19(23)12-21-13(2)14-6-4-5-7-16(14)20/h4-7,9,11,13,17,21H,3,8,10,12H2,1-2H3. The lowest BCUT2D eigenvalue weighted by atomic mass is 9.97. The van der Waals surface area contributed by atoms with Crippen LogP contribution < -0.4 is 5.32 Å². The fraction of sp³-hybridized carbons (Fsp3) is 0.421. The summed E-state index contributed by atoms with van der Waals surface area (Å²) in [6.07, 6.45) is 1.92. The van der Waals surface area contributed by atoms with Crippen LogP contribution in [0.3, 0.4) is 0 Å². The fourth-order valence-corrected chi connectivity index (χ4v) is 4.64. The highest BCUT2D eigenvalue weighted by Gasteiger charge is 2.30. The molecular formula is C19H23ClN2OS. The monoisotopic (exact) mass is 362 g/mol. The van der Waals surface area contributed by atoms with Crippen molar-refractivity contribution in [2.75, 3.05) is 13.1 Å². The van der Waals surface area contributed by atoms with Gasteiger partial charge in [0, 0.05) is 22.5 Å². The lowest BCUT2D eigenvalue weighted by Crippen LogP contribution is -2.44. The van der Waals surface area contributed by atoms with Crippen LogP contribution in [0.25, 0.3) is 0 Å². The van der Waals surface area contributed by atoms with E-state index in [1.165, 1.54) is 10.4 Å². The van der Waals surface area contributed by atoms with E-state index in [0.717, 1.165) is 30.0 Å². The summed E-state index contributed by atoms with van der Waals surface area (Å²) in [5, 5.41) is 6.20. The van der Waals surface area contributed by atoms with E-state index in [-0.39, 0.29) is 18.0 Å². The Morgan fingerprint density at radius 1 is 1.42 bits per heavy atom. The third-order valence-corrected chi connectivity index (χ3v) is 6.07. The molecule has 0 aliphatic carbocycles. The summed E-state index contributed by atoms with van der Waals surface area (Å²) in [6.45, 7) is 5.34. The maximum absolute atomic E-state index is 12.8. The number of carbonyl (C=O) groups is 1. The summed E-state index contributed by atoms with van der Waals surface area (Å²) in [4.78, 5) is 16.2. The molecule has 24 heavy (non-hydrogen) atoms. The first kappa shape index (κ1) is 17.5. The van der Waals surface area contributed by atoms with Crippen LogP contribution >= 0.6 is 22.9 Å². The first-order chi connectivity index (χ1) is 11.6. The second-order valence-electron chi connectivity index (χ2n) is 6.18. The van der Waals surface area contributed by atoms with Gasteiger partial charge < -0.3 is 10.2 Å². The second kappa shape index (κ2) is 7.68. The van der Waals surface area contributed by atoms with Crippen LogP contribution in [0.2, 0.25) is 5.02 Å². The van der Waals surface area contributed by atoms with E-state index in [0.29, 0.717) is 6.54 Å². The second-order valence-corrected chi connectivity index (χ2v) is 7.59. The Kier molecular flexibility index (Phi) is 5.59. The van der Waals surface area contributed by atoms with E-state index >= 15 is 0 Å². The van der Waals surface area contributed by atoms with E-state index in [4.69, 9.17) is 11.6 Å². The van der Waals surface area contributed by atoms with Gasteiger partial charge in [-0.3, -0.25) is 4.79 Å². The summed E-state index contributed by atoms with van der Waals surface area (Å²) in [6, 6.07) is 10.2. The third kappa shape index (κ3) is 3.51. The Hall–Kier alpha value is -1.36. The molecule has 1 aromatic heterocycles. The van der Waals surface area contributed by atoms with Crippen molar-refractivity contribution in [3.05, 3.63) is 56.7 Å². The molecule has 0 bridgehead atoms. The molecule has 2 unspecified atom stereocenters. The zero-order chi connectivity index (χ0) is 17.1. The molecule has 2 heterocycles. The lowest BCUT2D eigenvalue weighted by molar-refractivity contribution is -0.133. The van der Waals surface area contributed by atoms with Crippen molar-refractivity contribution in [2.45, 2.75) is 38.8 Å². The number of fused-ring (bicyclic) bond motifs is 1. The minimum Gasteiger partial charge on any atom is -0.334 e. The summed E-state index contributed by atoms with van der Waals surface area (Å²) < 4.78 is 0. The first-order valence-electron chi connectivity index (χ1n) is 8.45. The maximum Gasteiger partial charge on any atom is 0.237 e. The molecule has 1 aliphatic heterocycles. The minimum absolute atomic E-state index is 0.0456. The van der Waals surface area contributed by atoms with Crippen LogP contribution in [-0.4, -0.2) is 23.9 Å². The van der Waals surface area contributed by atoms with Gasteiger partial charge in [0.2, 0.25) is 5.91 Å². The molecule has 3 rings (SSSR count). The van der Waals surface area contributed by atoms with Gasteiger partial charge >= 0.3 is 0 Å². The fourth-order valence-electron chi connectivity index (χ4n) is 3.41. The Morgan fingerprint density at radius 2 is 2.21 bits per heavy atom. The van der Waals surface area contributed by atoms with Crippen molar-refractivity contribution in [3.63, 3.8) is 0 Å². The summed E-state index contributed by atoms with van der Waals surface area (Å²) in [5.41, 5.74) is 2.36. The Morgan fingerprint density at radius 3 is 2.96 bits per heavy atom. The Balaban J connectivity index is 1.64. The van der Waals surface area contributed by atoms with Gasteiger partial charge in [-0.2, -0.15) is 0 Å². The van der Waals surface area contributed by atoms with Gasteiger partial charge in [-0.05, 0) is 48.4 Å². The molecule has 1 N–H and O–H groups in total. The SMILES string of the molecule is CCC1c2ccsc2CCN1C(=O)CNC(C)c1ccccc1Cl. The topological polar surface area (TPSA) is 32.3 Å². The van der Waals surface area contributed by atoms with Crippen molar-refractivity contribution in [2.24, 2.45) is 0 Å². The van der Waals surface area contributed by atoms with E-state index in [2.05, 4.69) is 23.7 Å². The highest BCUT2D eigenvalue weighted by molar-refractivity contribution is 7.10. The molecule has 1 amide bonds. The van der Waals surface area contributed by atoms with Gasteiger partial charge in [0.1, 0.15) is 0 Å². The Bertz CT molecular complexity index is 715. The highest BCUT2D eigenvalue weighted by Crippen LogP contribution is 2.35. The molecule has 0 saturated carbocycles. The van der Waals surface area contributed by atoms with Crippen LogP contribution in [0.1, 0.15) is 48.4 Å². The summed E-state index contributed by atoms with van der Waals surface area (Å²) >= 11 is 8.05. The lowest BCUT2D eigenvalue weighted by Gasteiger charge is -2.36. The average Bonchev–Trinajstić information content (AvgIpc) is 3.07. The maximum atomic E-state index is 12.8.